The molecule has 0 aliphatic carbocycles. The maximum Gasteiger partial charge on any atom is 0.302 e. The third kappa shape index (κ3) is 5.34. The fourth-order valence-corrected chi connectivity index (χ4v) is 0.438. The van der Waals surface area contributed by atoms with E-state index in [1.807, 2.05) is 0 Å². The number of carbonyl (C=O) groups excluding carboxylic acids is 3. The smallest absolute Gasteiger partial charge is 0.302 e. The van der Waals surface area contributed by atoms with Gasteiger partial charge in [0.25, 0.3) is 0 Å². The van der Waals surface area contributed by atoms with Gasteiger partial charge in [-0.15, -0.1) is 0 Å². The lowest BCUT2D eigenvalue weighted by Crippen LogP contribution is -2.05. The highest BCUT2D eigenvalue weighted by molar-refractivity contribution is 6.40. The highest BCUT2D eigenvalue weighted by Crippen LogP contribution is 1.82. The molecule has 0 aromatic carbocycles. The van der Waals surface area contributed by atoms with Crippen molar-refractivity contribution < 1.29 is 19.1 Å². The van der Waals surface area contributed by atoms with Gasteiger partial charge in [0, 0.05) is 13.8 Å². The highest BCUT2D eigenvalue weighted by Gasteiger charge is 2.00. The maximum absolute atomic E-state index is 10.6. The summed E-state index contributed by atoms with van der Waals surface area (Å²) >= 11 is 0. The summed E-state index contributed by atoms with van der Waals surface area (Å²) < 4.78 is 4.48. The number of rotatable bonds is 4. The Bertz CT molecular complexity index is 227. The van der Waals surface area contributed by atoms with Crippen LogP contribution in [-0.2, 0) is 19.1 Å². The van der Waals surface area contributed by atoms with E-state index in [9.17, 15) is 14.4 Å². The van der Waals surface area contributed by atoms with Crippen molar-refractivity contribution in [2.45, 2.75) is 13.8 Å². The van der Waals surface area contributed by atoms with Crippen LogP contribution in [0.2, 0.25) is 0 Å². The summed E-state index contributed by atoms with van der Waals surface area (Å²) in [5, 5.41) is 0. The van der Waals surface area contributed by atoms with E-state index in [1.54, 1.807) is 0 Å². The summed E-state index contributed by atoms with van der Waals surface area (Å²) in [6.45, 7) is 2.47. The van der Waals surface area contributed by atoms with E-state index in [0.717, 1.165) is 6.08 Å². The Morgan fingerprint density at radius 3 is 2.25 bits per heavy atom. The molecule has 0 atom stereocenters. The lowest BCUT2D eigenvalue weighted by molar-refractivity contribution is -0.139. The minimum absolute atomic E-state index is 0.0222. The number of Topliss-reactive ketones (excluding diaryl/α,β-unsaturated/α-hetero) is 1. The van der Waals surface area contributed by atoms with Crippen molar-refractivity contribution in [1.82, 2.24) is 0 Å². The summed E-state index contributed by atoms with van der Waals surface area (Å²) in [5.41, 5.74) is 0. The first kappa shape index (κ1) is 10.6. The van der Waals surface area contributed by atoms with E-state index in [2.05, 4.69) is 4.74 Å². The van der Waals surface area contributed by atoms with Crippen LogP contribution >= 0.6 is 0 Å². The molecule has 0 N–H and O–H groups in total. The standard InChI is InChI=1S/C8H10O4/c1-6(9)8(11)4-3-5-12-7(2)10/h3-4H,5H2,1-2H3. The van der Waals surface area contributed by atoms with E-state index in [-0.39, 0.29) is 6.61 Å². The number of allylic oxidation sites excluding steroid dienone is 1. The third-order valence-corrected chi connectivity index (χ3v) is 0.999. The molecule has 0 unspecified atom stereocenters. The number of hydrogen-bond donors (Lipinski definition) is 0. The largest absolute Gasteiger partial charge is 0.462 e. The number of ketones is 2. The Morgan fingerprint density at radius 2 is 1.83 bits per heavy atom. The monoisotopic (exact) mass is 170 g/mol. The molecule has 0 radical (unpaired) electrons. The Balaban J connectivity index is 3.70. The average molecular weight is 170 g/mol. The minimum atomic E-state index is -0.595. The Morgan fingerprint density at radius 1 is 1.25 bits per heavy atom. The maximum atomic E-state index is 10.6. The lowest BCUT2D eigenvalue weighted by Gasteiger charge is -1.93. The van der Waals surface area contributed by atoms with Gasteiger partial charge in [-0.05, 0) is 12.2 Å². The van der Waals surface area contributed by atoms with Crippen molar-refractivity contribution in [1.29, 1.82) is 0 Å². The zero-order chi connectivity index (χ0) is 9.56. The van der Waals surface area contributed by atoms with Gasteiger partial charge in [-0.25, -0.2) is 0 Å². The number of hydrogen-bond acceptors (Lipinski definition) is 4. The van der Waals surface area contributed by atoms with Crippen molar-refractivity contribution in [2.24, 2.45) is 0 Å². The van der Waals surface area contributed by atoms with Gasteiger partial charge in [0.05, 0.1) is 0 Å². The van der Waals surface area contributed by atoms with Gasteiger partial charge in [-0.1, -0.05) is 0 Å². The quantitative estimate of drug-likeness (QED) is 0.345. The second-order valence-corrected chi connectivity index (χ2v) is 2.13. The first-order valence-corrected chi connectivity index (χ1v) is 3.39. The molecular weight excluding hydrogens is 160 g/mol. The van der Waals surface area contributed by atoms with Crippen molar-refractivity contribution in [3.05, 3.63) is 12.2 Å². The molecule has 0 amide bonds. The molecule has 4 heteroatoms. The summed E-state index contributed by atoms with van der Waals surface area (Å²) in [6, 6.07) is 0. The lowest BCUT2D eigenvalue weighted by atomic mass is 10.3. The van der Waals surface area contributed by atoms with Crippen LogP contribution in [0.4, 0.5) is 0 Å². The van der Waals surface area contributed by atoms with Gasteiger partial charge in [0.15, 0.2) is 5.78 Å². The predicted octanol–water partition coefficient (Wildman–Crippen LogP) is 0.264. The average Bonchev–Trinajstić information content (AvgIpc) is 1.97. The van der Waals surface area contributed by atoms with Crippen molar-refractivity contribution in [2.75, 3.05) is 6.61 Å². The Hall–Kier alpha value is -1.45. The van der Waals surface area contributed by atoms with Crippen molar-refractivity contribution >= 4 is 17.5 Å². The molecule has 0 aromatic rings. The van der Waals surface area contributed by atoms with Crippen LogP contribution in [0.3, 0.4) is 0 Å². The fraction of sp³-hybridized carbons (Fsp3) is 0.375. The van der Waals surface area contributed by atoms with Crippen LogP contribution < -0.4 is 0 Å². The highest BCUT2D eigenvalue weighted by atomic mass is 16.5. The molecule has 0 saturated carbocycles. The van der Waals surface area contributed by atoms with E-state index < -0.39 is 17.5 Å². The molecule has 0 aromatic heterocycles. The van der Waals surface area contributed by atoms with Crippen molar-refractivity contribution in [3.8, 4) is 0 Å². The molecule has 0 rings (SSSR count). The second-order valence-electron chi connectivity index (χ2n) is 2.13. The van der Waals surface area contributed by atoms with Crippen LogP contribution in [0.25, 0.3) is 0 Å². The van der Waals surface area contributed by atoms with Crippen LogP contribution in [-0.4, -0.2) is 24.1 Å². The van der Waals surface area contributed by atoms with Gasteiger partial charge in [0.1, 0.15) is 6.61 Å². The van der Waals surface area contributed by atoms with E-state index >= 15 is 0 Å². The molecule has 0 spiro atoms. The topological polar surface area (TPSA) is 60.4 Å². The molecule has 0 aliphatic heterocycles. The second kappa shape index (κ2) is 5.23. The molecule has 0 bridgehead atoms. The molecule has 0 aliphatic rings. The SMILES string of the molecule is CC(=O)OCC=CC(=O)C(C)=O. The van der Waals surface area contributed by atoms with Crippen molar-refractivity contribution in [3.63, 3.8) is 0 Å². The molecular formula is C8H10O4. The minimum Gasteiger partial charge on any atom is -0.462 e. The summed E-state index contributed by atoms with van der Waals surface area (Å²) in [5.74, 6) is -1.55. The number of carbonyl (C=O) groups is 3. The number of ether oxygens (including phenoxy) is 1. The van der Waals surface area contributed by atoms with Crippen LogP contribution in [0, 0.1) is 0 Å². The van der Waals surface area contributed by atoms with Crippen LogP contribution in [0.15, 0.2) is 12.2 Å². The molecule has 4 nitrogen and oxygen atoms in total. The zero-order valence-corrected chi connectivity index (χ0v) is 6.99. The van der Waals surface area contributed by atoms with Gasteiger partial charge < -0.3 is 4.74 Å². The third-order valence-electron chi connectivity index (χ3n) is 0.999. The Kier molecular flexibility index (Phi) is 4.60. The van der Waals surface area contributed by atoms with Gasteiger partial charge in [0.2, 0.25) is 5.78 Å². The van der Waals surface area contributed by atoms with Gasteiger partial charge in [-0.2, -0.15) is 0 Å². The fourth-order valence-electron chi connectivity index (χ4n) is 0.438. The number of esters is 1. The molecule has 12 heavy (non-hydrogen) atoms. The van der Waals surface area contributed by atoms with E-state index in [0.29, 0.717) is 0 Å². The van der Waals surface area contributed by atoms with Gasteiger partial charge in [-0.3, -0.25) is 14.4 Å². The first-order valence-electron chi connectivity index (χ1n) is 3.39. The molecule has 66 valence electrons. The zero-order valence-electron chi connectivity index (χ0n) is 6.99. The Labute approximate surface area is 70.2 Å². The van der Waals surface area contributed by atoms with E-state index in [1.165, 1.54) is 19.9 Å². The summed E-state index contributed by atoms with van der Waals surface area (Å²) in [7, 11) is 0. The van der Waals surface area contributed by atoms with Crippen LogP contribution in [0.1, 0.15) is 13.8 Å². The summed E-state index contributed by atoms with van der Waals surface area (Å²) in [4.78, 5) is 31.2. The predicted molar refractivity (Wildman–Crippen MR) is 41.5 cm³/mol. The van der Waals surface area contributed by atoms with E-state index in [4.69, 9.17) is 0 Å². The van der Waals surface area contributed by atoms with Crippen LogP contribution in [0.5, 0.6) is 0 Å². The van der Waals surface area contributed by atoms with Gasteiger partial charge >= 0.3 is 5.97 Å². The normalized spacial score (nSPS) is 9.83. The first-order chi connectivity index (χ1) is 5.54. The molecule has 0 heterocycles. The molecule has 0 fully saturated rings. The summed E-state index contributed by atoms with van der Waals surface area (Å²) in [6.07, 6.45) is 2.41. The molecule has 0 saturated heterocycles.